The van der Waals surface area contributed by atoms with Crippen LogP contribution in [0.4, 0.5) is 5.69 Å². The lowest BCUT2D eigenvalue weighted by atomic mass is 10.0. The zero-order valence-electron chi connectivity index (χ0n) is 12.9. The van der Waals surface area contributed by atoms with E-state index in [0.29, 0.717) is 18.1 Å². The van der Waals surface area contributed by atoms with E-state index in [9.17, 15) is 9.59 Å². The Morgan fingerprint density at radius 1 is 1.27 bits per heavy atom. The molecule has 1 aromatic carbocycles. The number of para-hydroxylation sites is 2. The zero-order chi connectivity index (χ0) is 15.5. The van der Waals surface area contributed by atoms with E-state index in [1.165, 1.54) is 12.8 Å². The van der Waals surface area contributed by atoms with Gasteiger partial charge < -0.3 is 15.0 Å². The predicted octanol–water partition coefficient (Wildman–Crippen LogP) is 2.11. The van der Waals surface area contributed by atoms with Gasteiger partial charge in [-0.3, -0.25) is 9.59 Å². The van der Waals surface area contributed by atoms with Gasteiger partial charge in [0.1, 0.15) is 5.75 Å². The molecule has 1 aliphatic carbocycles. The van der Waals surface area contributed by atoms with Crippen molar-refractivity contribution in [3.05, 3.63) is 24.3 Å². The number of carbonyl (C=O) groups is 2. The molecule has 0 saturated heterocycles. The monoisotopic (exact) mass is 302 g/mol. The fourth-order valence-electron chi connectivity index (χ4n) is 3.34. The van der Waals surface area contributed by atoms with Crippen molar-refractivity contribution in [1.82, 2.24) is 5.32 Å². The second kappa shape index (κ2) is 6.38. The minimum Gasteiger partial charge on any atom is -0.477 e. The number of ether oxygens (including phenoxy) is 1. The summed E-state index contributed by atoms with van der Waals surface area (Å²) < 4.78 is 5.73. The Morgan fingerprint density at radius 3 is 2.73 bits per heavy atom. The number of nitrogens with one attached hydrogen (secondary N) is 1. The van der Waals surface area contributed by atoms with Crippen molar-refractivity contribution in [2.24, 2.45) is 5.92 Å². The van der Waals surface area contributed by atoms with Crippen molar-refractivity contribution in [3.8, 4) is 5.75 Å². The van der Waals surface area contributed by atoms with Gasteiger partial charge in [-0.1, -0.05) is 25.0 Å². The van der Waals surface area contributed by atoms with E-state index in [2.05, 4.69) is 5.32 Å². The van der Waals surface area contributed by atoms with E-state index in [1.807, 2.05) is 18.2 Å². The number of rotatable bonds is 3. The normalized spacial score (nSPS) is 21.1. The summed E-state index contributed by atoms with van der Waals surface area (Å²) >= 11 is 0. The molecule has 1 fully saturated rings. The van der Waals surface area contributed by atoms with Crippen molar-refractivity contribution in [2.75, 3.05) is 18.5 Å². The van der Waals surface area contributed by atoms with Crippen LogP contribution in [0.15, 0.2) is 24.3 Å². The van der Waals surface area contributed by atoms with Gasteiger partial charge in [0.25, 0.3) is 5.91 Å². The number of nitrogens with zero attached hydrogens (tertiary/aromatic N) is 1. The third-order valence-electron chi connectivity index (χ3n) is 4.55. The summed E-state index contributed by atoms with van der Waals surface area (Å²) in [4.78, 5) is 26.3. The molecule has 1 aliphatic heterocycles. The van der Waals surface area contributed by atoms with Crippen LogP contribution in [0.2, 0.25) is 0 Å². The number of hydrogen-bond acceptors (Lipinski definition) is 3. The second-order valence-electron chi connectivity index (χ2n) is 6.05. The van der Waals surface area contributed by atoms with E-state index >= 15 is 0 Å². The van der Waals surface area contributed by atoms with Crippen LogP contribution in [-0.4, -0.2) is 31.5 Å². The van der Waals surface area contributed by atoms with Crippen LogP contribution in [0.25, 0.3) is 0 Å². The first-order chi connectivity index (χ1) is 10.7. The predicted molar refractivity (Wildman–Crippen MR) is 83.9 cm³/mol. The fraction of sp³-hybridized carbons (Fsp3) is 0.529. The van der Waals surface area contributed by atoms with Crippen LogP contribution in [-0.2, 0) is 9.59 Å². The van der Waals surface area contributed by atoms with E-state index in [0.717, 1.165) is 18.5 Å². The summed E-state index contributed by atoms with van der Waals surface area (Å²) in [5, 5.41) is 2.60. The molecule has 0 radical (unpaired) electrons. The molecule has 3 rings (SSSR count). The maximum absolute atomic E-state index is 12.7. The van der Waals surface area contributed by atoms with Gasteiger partial charge in [0.2, 0.25) is 5.91 Å². The van der Waals surface area contributed by atoms with E-state index in [4.69, 9.17) is 4.74 Å². The van der Waals surface area contributed by atoms with Gasteiger partial charge >= 0.3 is 0 Å². The number of benzene rings is 1. The number of carbonyl (C=O) groups excluding carboxylic acids is 2. The second-order valence-corrected chi connectivity index (χ2v) is 6.05. The number of amides is 2. The lowest BCUT2D eigenvalue weighted by molar-refractivity contribution is -0.128. The number of hydrogen-bond donors (Lipinski definition) is 1. The first-order valence-corrected chi connectivity index (χ1v) is 7.96. The Labute approximate surface area is 130 Å². The molecule has 5 heteroatoms. The minimum absolute atomic E-state index is 0.0940. The molecular formula is C17H22N2O3. The smallest absolute Gasteiger partial charge is 0.262 e. The molecule has 1 N–H and O–H groups in total. The Balaban J connectivity index is 1.81. The highest BCUT2D eigenvalue weighted by atomic mass is 16.5. The molecule has 0 aromatic heterocycles. The van der Waals surface area contributed by atoms with Crippen molar-refractivity contribution in [2.45, 2.75) is 38.2 Å². The standard InChI is InChI=1S/C17H22N2O3/c1-18-17(21)15-11-19(13-8-4-5-9-14(13)22-15)16(20)10-12-6-2-3-7-12/h4-5,8-9,12,15H,2-3,6-7,10-11H2,1H3,(H,18,21)/t15-/m0/s1. The lowest BCUT2D eigenvalue weighted by Gasteiger charge is -2.34. The fourth-order valence-corrected chi connectivity index (χ4v) is 3.34. The summed E-state index contributed by atoms with van der Waals surface area (Å²) in [6.45, 7) is 0.280. The van der Waals surface area contributed by atoms with Crippen molar-refractivity contribution < 1.29 is 14.3 Å². The molecule has 2 amide bonds. The molecular weight excluding hydrogens is 280 g/mol. The lowest BCUT2D eigenvalue weighted by Crippen LogP contribution is -2.50. The first kappa shape index (κ1) is 14.9. The Kier molecular flexibility index (Phi) is 4.32. The third kappa shape index (κ3) is 2.93. The summed E-state index contributed by atoms with van der Waals surface area (Å²) in [6.07, 6.45) is 4.63. The minimum atomic E-state index is -0.646. The summed E-state index contributed by atoms with van der Waals surface area (Å²) in [5.74, 6) is 0.979. The highest BCUT2D eigenvalue weighted by molar-refractivity contribution is 5.97. The highest BCUT2D eigenvalue weighted by Gasteiger charge is 2.34. The van der Waals surface area contributed by atoms with Crippen LogP contribution in [0.3, 0.4) is 0 Å². The quantitative estimate of drug-likeness (QED) is 0.930. The third-order valence-corrected chi connectivity index (χ3v) is 4.55. The molecule has 1 saturated carbocycles. The molecule has 1 atom stereocenters. The molecule has 0 spiro atoms. The summed E-state index contributed by atoms with van der Waals surface area (Å²) in [6, 6.07) is 7.42. The molecule has 1 heterocycles. The highest BCUT2D eigenvalue weighted by Crippen LogP contribution is 2.35. The number of likely N-dealkylation sites (N-methyl/N-ethyl adjacent to an activating group) is 1. The van der Waals surface area contributed by atoms with Gasteiger partial charge in [-0.2, -0.15) is 0 Å². The van der Waals surface area contributed by atoms with E-state index in [-0.39, 0.29) is 18.4 Å². The molecule has 22 heavy (non-hydrogen) atoms. The zero-order valence-corrected chi connectivity index (χ0v) is 12.9. The van der Waals surface area contributed by atoms with Gasteiger partial charge in [0.15, 0.2) is 6.10 Å². The topological polar surface area (TPSA) is 58.6 Å². The maximum Gasteiger partial charge on any atom is 0.262 e. The van der Waals surface area contributed by atoms with Crippen LogP contribution in [0.5, 0.6) is 5.75 Å². The molecule has 1 aromatic rings. The van der Waals surface area contributed by atoms with E-state index < -0.39 is 6.10 Å². The first-order valence-electron chi connectivity index (χ1n) is 7.96. The SMILES string of the molecule is CNC(=O)[C@@H]1CN(C(=O)CC2CCCC2)c2ccccc2O1. The maximum atomic E-state index is 12.7. The molecule has 0 bridgehead atoms. The van der Waals surface area contributed by atoms with Crippen molar-refractivity contribution in [1.29, 1.82) is 0 Å². The summed E-state index contributed by atoms with van der Waals surface area (Å²) in [5.41, 5.74) is 0.769. The van der Waals surface area contributed by atoms with E-state index in [1.54, 1.807) is 18.0 Å². The molecule has 0 unspecified atom stereocenters. The average Bonchev–Trinajstić information content (AvgIpc) is 3.05. The Hall–Kier alpha value is -2.04. The largest absolute Gasteiger partial charge is 0.477 e. The van der Waals surface area contributed by atoms with Gasteiger partial charge in [-0.25, -0.2) is 0 Å². The average molecular weight is 302 g/mol. The van der Waals surface area contributed by atoms with Crippen LogP contribution in [0.1, 0.15) is 32.1 Å². The van der Waals surface area contributed by atoms with Crippen molar-refractivity contribution in [3.63, 3.8) is 0 Å². The Bertz CT molecular complexity index is 567. The van der Waals surface area contributed by atoms with Gasteiger partial charge in [0.05, 0.1) is 12.2 Å². The Morgan fingerprint density at radius 2 is 2.00 bits per heavy atom. The van der Waals surface area contributed by atoms with Crippen molar-refractivity contribution >= 4 is 17.5 Å². The number of anilines is 1. The van der Waals surface area contributed by atoms with Gasteiger partial charge in [-0.05, 0) is 30.9 Å². The molecule has 2 aliphatic rings. The van der Waals surface area contributed by atoms with Gasteiger partial charge in [0, 0.05) is 13.5 Å². The molecule has 5 nitrogen and oxygen atoms in total. The van der Waals surface area contributed by atoms with Crippen LogP contribution in [0, 0.1) is 5.92 Å². The summed E-state index contributed by atoms with van der Waals surface area (Å²) in [7, 11) is 1.58. The number of fused-ring (bicyclic) bond motifs is 1. The van der Waals surface area contributed by atoms with Gasteiger partial charge in [-0.15, -0.1) is 0 Å². The molecule has 118 valence electrons. The van der Waals surface area contributed by atoms with Crippen LogP contribution >= 0.6 is 0 Å². The van der Waals surface area contributed by atoms with Crippen LogP contribution < -0.4 is 15.0 Å².